The number of alkyl halides is 8. The molecule has 12 atom stereocenters. The molecule has 3 aliphatic heterocycles. The van der Waals surface area contributed by atoms with E-state index in [9.17, 15) is 45.5 Å². The van der Waals surface area contributed by atoms with E-state index in [0.717, 1.165) is 24.5 Å². The maximum Gasteiger partial charge on any atom is 0.397 e. The van der Waals surface area contributed by atoms with E-state index in [1.165, 1.54) is 68.9 Å². The van der Waals surface area contributed by atoms with Gasteiger partial charge in [0.1, 0.15) is 72.1 Å². The Morgan fingerprint density at radius 3 is 1.83 bits per heavy atom. The summed E-state index contributed by atoms with van der Waals surface area (Å²) in [5, 5.41) is 8.45. The number of carbonyl (C=O) groups excluding carboxylic acids is 12. The number of likely N-dealkylation sites (N-methyl/N-ethyl adjacent to an activating group) is 7. The first-order chi connectivity index (χ1) is 51.1. The Hall–Kier alpha value is -7.22. The van der Waals surface area contributed by atoms with Crippen LogP contribution in [-0.4, -0.2) is 288 Å². The van der Waals surface area contributed by atoms with Crippen LogP contribution in [0.2, 0.25) is 0 Å². The van der Waals surface area contributed by atoms with E-state index in [1.54, 1.807) is 39.8 Å². The molecule has 3 heterocycles. The van der Waals surface area contributed by atoms with Gasteiger partial charge in [0.25, 0.3) is 0 Å². The van der Waals surface area contributed by atoms with E-state index in [2.05, 4.69) is 16.0 Å². The Morgan fingerprint density at radius 2 is 1.28 bits per heavy atom. The lowest BCUT2D eigenvalue weighted by Gasteiger charge is -2.46. The monoisotopic (exact) mass is 1560 g/mol. The minimum absolute atomic E-state index is 0.00492. The SMILES string of the molecule is CCO[C@@H]1C[C@H]2C(=O)NC3(CCC3)C(=O)N(C)[C@@H](C3CCCC3)C(=O)N(C)[C@H](C(=O)N(C)C)CC(=O)N(CC)[C@@H](CC(C)C)C(=O)N[C@@H]([C@@H](C)CC)C(=O)N(C)CC(=O)N(C)[C@H]3C/C=C\CCN(C3=O)[C@@H](CC3CCC(C(F)(F)F)CC3)C(=O)N(C)CC(=O)N[C@@H](CCC3CC(F)C(C(F)(F)F)C(F)C3)C(=O)N2C1. The Morgan fingerprint density at radius 1 is 0.651 bits per heavy atom. The summed E-state index contributed by atoms with van der Waals surface area (Å²) in [5.41, 5.74) is -1.69. The van der Waals surface area contributed by atoms with Gasteiger partial charge in [0, 0.05) is 82.0 Å². The number of hydrogen-bond acceptors (Lipinski definition) is 13. The first kappa shape index (κ1) is 89.0. The molecule has 2 bridgehead atoms. The van der Waals surface area contributed by atoms with Crippen LogP contribution in [0.25, 0.3) is 0 Å². The van der Waals surface area contributed by atoms with E-state index in [1.807, 2.05) is 13.8 Å². The fraction of sp³-hybridized carbons (Fsp3) is 0.816. The molecular weight excluding hydrogens is 1440 g/mol. The van der Waals surface area contributed by atoms with Crippen LogP contribution in [0.15, 0.2) is 12.2 Å². The van der Waals surface area contributed by atoms with Crippen LogP contribution in [0.3, 0.4) is 0 Å². The summed E-state index contributed by atoms with van der Waals surface area (Å²) >= 11 is 0. The maximum atomic E-state index is 15.6. The van der Waals surface area contributed by atoms with Crippen LogP contribution in [0.5, 0.6) is 0 Å². The van der Waals surface area contributed by atoms with Gasteiger partial charge in [-0.2, -0.15) is 26.3 Å². The highest BCUT2D eigenvalue weighted by molar-refractivity contribution is 6.01. The van der Waals surface area contributed by atoms with Gasteiger partial charge in [-0.3, -0.25) is 57.5 Å². The average Bonchev–Trinajstić information content (AvgIpc) is 1.73. The number of carbonyl (C=O) groups is 12. The van der Waals surface area contributed by atoms with Crippen molar-refractivity contribution in [2.45, 2.75) is 267 Å². The topological polar surface area (TPSA) is 279 Å². The second kappa shape index (κ2) is 38.3. The van der Waals surface area contributed by atoms with Gasteiger partial charge >= 0.3 is 12.4 Å². The standard InChI is InChI=1S/C76H118F8N12O13/c1-14-45(6)63-71(106)90(10)43-61(99)91(11)54-25-18-17-21-34-95(70(54)105)58(38-46-26-29-49(30-27-46)75(79,80)81)69(104)89(9)42-59(97)85-53(31-28-47-36-51(77)62(52(78)37-47)76(82,83)84)67(102)96-41-50(109-16-3)39-56(96)66(101)87-74(32-22-33-74)73(108)93(13)64(48-23-19-20-24-48)72(107)92(12)57(68(103)88(7)8)40-60(98)94(15-2)55(35-44(4)5)65(100)86-63/h17-18,44-58,62-64H,14-16,19-43H2,1-13H3,(H,85,97)(H,86,100)(H,87,101)/b18-17-/t45-,46?,47?,49?,50+,51?,52?,53-,54-,55-,56-,57-,58-,62?,63-,64-/m0/s1. The molecule has 1 spiro atoms. The summed E-state index contributed by atoms with van der Waals surface area (Å²) < 4.78 is 121. The number of nitrogens with zero attached hydrogens (tertiary/aromatic N) is 9. The van der Waals surface area contributed by atoms with E-state index in [4.69, 9.17) is 4.74 Å². The first-order valence-corrected chi connectivity index (χ1v) is 39.1. The molecule has 25 nitrogen and oxygen atoms in total. The zero-order valence-corrected chi connectivity index (χ0v) is 65.7. The van der Waals surface area contributed by atoms with Gasteiger partial charge in [-0.1, -0.05) is 59.1 Å². The number of ether oxygens (including phenoxy) is 1. The molecular formula is C76H118F8N12O13. The molecule has 33 heteroatoms. The van der Waals surface area contributed by atoms with Crippen molar-refractivity contribution in [1.29, 1.82) is 0 Å². The van der Waals surface area contributed by atoms with E-state index >= 15 is 47.1 Å². The van der Waals surface area contributed by atoms with Crippen molar-refractivity contribution in [1.82, 2.24) is 60.0 Å². The molecule has 4 saturated carbocycles. The summed E-state index contributed by atoms with van der Waals surface area (Å²) in [4.78, 5) is 192. The third-order valence-corrected chi connectivity index (χ3v) is 24.1. The summed E-state index contributed by atoms with van der Waals surface area (Å²) in [6.45, 7) is 8.46. The van der Waals surface area contributed by atoms with Crippen LogP contribution in [0.1, 0.15) is 183 Å². The van der Waals surface area contributed by atoms with Crippen LogP contribution in [0.4, 0.5) is 35.1 Å². The van der Waals surface area contributed by atoms with Gasteiger partial charge in [-0.05, 0) is 153 Å². The normalized spacial score (nSPS) is 31.8. The molecule has 6 fully saturated rings. The third-order valence-electron chi connectivity index (χ3n) is 24.1. The second-order valence-corrected chi connectivity index (χ2v) is 32.3. The van der Waals surface area contributed by atoms with Gasteiger partial charge in [0.05, 0.1) is 31.5 Å². The zero-order chi connectivity index (χ0) is 81.1. The predicted octanol–water partition coefficient (Wildman–Crippen LogP) is 6.74. The van der Waals surface area contributed by atoms with Gasteiger partial charge in [-0.15, -0.1) is 0 Å². The molecule has 7 aliphatic rings. The number of fused-ring (bicyclic) bond motifs is 3. The van der Waals surface area contributed by atoms with Crippen molar-refractivity contribution in [3.05, 3.63) is 12.2 Å². The number of rotatable bonds is 14. The summed E-state index contributed by atoms with van der Waals surface area (Å²) in [6, 6.07) is -11.4. The van der Waals surface area contributed by atoms with Gasteiger partial charge in [0.15, 0.2) is 0 Å². The lowest BCUT2D eigenvalue weighted by molar-refractivity contribution is -0.219. The van der Waals surface area contributed by atoms with Crippen LogP contribution in [0, 0.1) is 41.4 Å². The van der Waals surface area contributed by atoms with Gasteiger partial charge in [0.2, 0.25) is 70.9 Å². The average molecular weight is 1560 g/mol. The highest BCUT2D eigenvalue weighted by Gasteiger charge is 2.56. The van der Waals surface area contributed by atoms with Crippen molar-refractivity contribution in [3.63, 3.8) is 0 Å². The van der Waals surface area contributed by atoms with Crippen molar-refractivity contribution in [2.24, 2.45) is 41.4 Å². The lowest BCUT2D eigenvalue weighted by atomic mass is 9.74. The van der Waals surface area contributed by atoms with Crippen molar-refractivity contribution >= 4 is 70.9 Å². The molecule has 12 amide bonds. The van der Waals surface area contributed by atoms with E-state index in [-0.39, 0.29) is 109 Å². The third kappa shape index (κ3) is 21.7. The van der Waals surface area contributed by atoms with E-state index in [0.29, 0.717) is 38.5 Å². The summed E-state index contributed by atoms with van der Waals surface area (Å²) in [7, 11) is 9.53. The van der Waals surface area contributed by atoms with Gasteiger partial charge < -0.3 is 64.8 Å². The lowest BCUT2D eigenvalue weighted by Crippen LogP contribution is -2.68. The molecule has 109 heavy (non-hydrogen) atoms. The predicted molar refractivity (Wildman–Crippen MR) is 386 cm³/mol. The summed E-state index contributed by atoms with van der Waals surface area (Å²) in [5.74, 6) is -17.0. The quantitative estimate of drug-likeness (QED) is 0.120. The van der Waals surface area contributed by atoms with Crippen LogP contribution < -0.4 is 16.0 Å². The molecule has 0 aromatic rings. The van der Waals surface area contributed by atoms with E-state index < -0.39 is 230 Å². The highest BCUT2D eigenvalue weighted by atomic mass is 19.4. The minimum atomic E-state index is -5.22. The molecule has 0 radical (unpaired) electrons. The summed E-state index contributed by atoms with van der Waals surface area (Å²) in [6.07, 6.45) is -13.2. The number of amides is 12. The number of hydrogen-bond donors (Lipinski definition) is 3. The van der Waals surface area contributed by atoms with Crippen molar-refractivity contribution in [3.8, 4) is 0 Å². The smallest absolute Gasteiger partial charge is 0.377 e. The molecule has 4 aliphatic carbocycles. The molecule has 0 aromatic carbocycles. The highest BCUT2D eigenvalue weighted by Crippen LogP contribution is 2.46. The fourth-order valence-corrected chi connectivity index (χ4v) is 17.3. The second-order valence-electron chi connectivity index (χ2n) is 32.3. The maximum absolute atomic E-state index is 15.6. The molecule has 2 unspecified atom stereocenters. The van der Waals surface area contributed by atoms with Crippen molar-refractivity contribution in [2.75, 3.05) is 88.7 Å². The Balaban J connectivity index is 1.33. The molecule has 616 valence electrons. The zero-order valence-electron chi connectivity index (χ0n) is 65.7. The number of nitrogens with one attached hydrogen (secondary N) is 3. The molecule has 2 saturated heterocycles. The fourth-order valence-electron chi connectivity index (χ4n) is 17.3. The Labute approximate surface area is 635 Å². The van der Waals surface area contributed by atoms with Gasteiger partial charge in [-0.25, -0.2) is 8.78 Å². The number of halogens is 8. The van der Waals surface area contributed by atoms with Crippen molar-refractivity contribution < 1.29 is 97.4 Å². The Kier molecular flexibility index (Phi) is 31.3. The largest absolute Gasteiger partial charge is 0.397 e. The van der Waals surface area contributed by atoms with Crippen LogP contribution in [-0.2, 0) is 62.3 Å². The molecule has 7 rings (SSSR count). The molecule has 0 aromatic heterocycles. The van der Waals surface area contributed by atoms with Crippen LogP contribution >= 0.6 is 0 Å². The minimum Gasteiger partial charge on any atom is -0.377 e. The first-order valence-electron chi connectivity index (χ1n) is 39.1. The molecule has 3 N–H and O–H groups in total. The Bertz CT molecular complexity index is 3240.